The van der Waals surface area contributed by atoms with Crippen molar-refractivity contribution in [2.45, 2.75) is 25.4 Å². The Morgan fingerprint density at radius 2 is 2.07 bits per heavy atom. The number of aliphatic hydroxyl groups is 2. The summed E-state index contributed by atoms with van der Waals surface area (Å²) in [5.74, 6) is 0.179. The fourth-order valence-electron chi connectivity index (χ4n) is 1.65. The summed E-state index contributed by atoms with van der Waals surface area (Å²) in [6, 6.07) is 0. The Balaban J connectivity index is 2.01. The molecule has 1 aliphatic heterocycles. The van der Waals surface area contributed by atoms with Crippen LogP contribution in [-0.4, -0.2) is 59.9 Å². The first-order chi connectivity index (χ1) is 7.24. The van der Waals surface area contributed by atoms with Gasteiger partial charge in [0.15, 0.2) is 0 Å². The van der Waals surface area contributed by atoms with Crippen LogP contribution in [0.4, 0.5) is 0 Å². The summed E-state index contributed by atoms with van der Waals surface area (Å²) in [6.07, 6.45) is 1.97. The summed E-state index contributed by atoms with van der Waals surface area (Å²) in [5, 5.41) is 20.5. The molecule has 0 radical (unpaired) electrons. The zero-order valence-corrected chi connectivity index (χ0v) is 8.98. The second-order valence-corrected chi connectivity index (χ2v) is 3.88. The predicted octanol–water partition coefficient (Wildman–Crippen LogP) is -1.06. The number of nitrogens with one attached hydrogen (secondary N) is 1. The van der Waals surface area contributed by atoms with Gasteiger partial charge in [-0.1, -0.05) is 0 Å². The normalized spacial score (nSPS) is 18.1. The number of likely N-dealkylation sites (tertiary alicyclic amines) is 1. The lowest BCUT2D eigenvalue weighted by Crippen LogP contribution is -2.34. The van der Waals surface area contributed by atoms with Crippen LogP contribution >= 0.6 is 0 Å². The molecule has 1 unspecified atom stereocenters. The van der Waals surface area contributed by atoms with Crippen molar-refractivity contribution >= 4 is 5.91 Å². The molecule has 0 spiro atoms. The first-order valence-corrected chi connectivity index (χ1v) is 5.51. The van der Waals surface area contributed by atoms with Gasteiger partial charge in [0, 0.05) is 32.6 Å². The lowest BCUT2D eigenvalue weighted by Gasteiger charge is -2.15. The summed E-state index contributed by atoms with van der Waals surface area (Å²) in [5.41, 5.74) is 0. The van der Waals surface area contributed by atoms with E-state index in [9.17, 15) is 4.79 Å². The van der Waals surface area contributed by atoms with E-state index in [1.165, 1.54) is 0 Å². The smallest absolute Gasteiger partial charge is 0.223 e. The molecule has 88 valence electrons. The molecule has 5 nitrogen and oxygen atoms in total. The number of hydrogen-bond acceptors (Lipinski definition) is 4. The third-order valence-corrected chi connectivity index (χ3v) is 2.57. The van der Waals surface area contributed by atoms with Crippen molar-refractivity contribution in [3.05, 3.63) is 0 Å². The van der Waals surface area contributed by atoms with Gasteiger partial charge in [0.25, 0.3) is 0 Å². The SMILES string of the molecule is O=C(CCNCC(O)CO)N1CCCC1. The summed E-state index contributed by atoms with van der Waals surface area (Å²) in [7, 11) is 0. The van der Waals surface area contributed by atoms with E-state index in [4.69, 9.17) is 10.2 Å². The number of aliphatic hydroxyl groups excluding tert-OH is 2. The van der Waals surface area contributed by atoms with Crippen LogP contribution in [0.3, 0.4) is 0 Å². The number of amides is 1. The van der Waals surface area contributed by atoms with E-state index in [1.54, 1.807) is 0 Å². The topological polar surface area (TPSA) is 72.8 Å². The van der Waals surface area contributed by atoms with Gasteiger partial charge in [0.05, 0.1) is 12.7 Å². The maximum atomic E-state index is 11.5. The highest BCUT2D eigenvalue weighted by molar-refractivity contribution is 5.76. The largest absolute Gasteiger partial charge is 0.394 e. The van der Waals surface area contributed by atoms with Gasteiger partial charge in [-0.3, -0.25) is 4.79 Å². The van der Waals surface area contributed by atoms with E-state index >= 15 is 0 Å². The molecule has 0 aromatic carbocycles. The Kier molecular flexibility index (Phi) is 5.60. The van der Waals surface area contributed by atoms with Crippen LogP contribution in [0.5, 0.6) is 0 Å². The number of carbonyl (C=O) groups excluding carboxylic acids is 1. The molecule has 1 saturated heterocycles. The zero-order chi connectivity index (χ0) is 11.1. The molecule has 0 aromatic rings. The average Bonchev–Trinajstić information content (AvgIpc) is 2.77. The van der Waals surface area contributed by atoms with E-state index in [0.717, 1.165) is 25.9 Å². The molecular weight excluding hydrogens is 196 g/mol. The molecule has 1 aliphatic rings. The third-order valence-electron chi connectivity index (χ3n) is 2.57. The molecule has 0 saturated carbocycles. The first-order valence-electron chi connectivity index (χ1n) is 5.51. The summed E-state index contributed by atoms with van der Waals surface area (Å²) < 4.78 is 0. The van der Waals surface area contributed by atoms with Crippen molar-refractivity contribution in [1.82, 2.24) is 10.2 Å². The van der Waals surface area contributed by atoms with Crippen molar-refractivity contribution in [2.75, 3.05) is 32.8 Å². The van der Waals surface area contributed by atoms with E-state index in [0.29, 0.717) is 19.5 Å². The van der Waals surface area contributed by atoms with Gasteiger partial charge < -0.3 is 20.4 Å². The number of hydrogen-bond donors (Lipinski definition) is 3. The fraction of sp³-hybridized carbons (Fsp3) is 0.900. The van der Waals surface area contributed by atoms with Gasteiger partial charge in [0.1, 0.15) is 0 Å². The average molecular weight is 216 g/mol. The minimum Gasteiger partial charge on any atom is -0.394 e. The maximum absolute atomic E-state index is 11.5. The Morgan fingerprint density at radius 1 is 1.40 bits per heavy atom. The molecule has 1 rings (SSSR count). The monoisotopic (exact) mass is 216 g/mol. The Labute approximate surface area is 90.1 Å². The number of nitrogens with zero attached hydrogens (tertiary/aromatic N) is 1. The van der Waals surface area contributed by atoms with Crippen LogP contribution < -0.4 is 5.32 Å². The van der Waals surface area contributed by atoms with Crippen LogP contribution in [0.25, 0.3) is 0 Å². The van der Waals surface area contributed by atoms with Gasteiger partial charge in [-0.25, -0.2) is 0 Å². The van der Waals surface area contributed by atoms with Crippen molar-refractivity contribution < 1.29 is 15.0 Å². The van der Waals surface area contributed by atoms with Crippen LogP contribution in [0, 0.1) is 0 Å². The van der Waals surface area contributed by atoms with Gasteiger partial charge in [0.2, 0.25) is 5.91 Å². The summed E-state index contributed by atoms with van der Waals surface area (Å²) in [4.78, 5) is 13.4. The molecule has 0 aliphatic carbocycles. The molecule has 1 amide bonds. The van der Waals surface area contributed by atoms with Gasteiger partial charge in [-0.15, -0.1) is 0 Å². The molecule has 5 heteroatoms. The van der Waals surface area contributed by atoms with Crippen LogP contribution in [0.15, 0.2) is 0 Å². The fourth-order valence-corrected chi connectivity index (χ4v) is 1.65. The van der Waals surface area contributed by atoms with Gasteiger partial charge >= 0.3 is 0 Å². The quantitative estimate of drug-likeness (QED) is 0.495. The lowest BCUT2D eigenvalue weighted by atomic mass is 10.3. The number of rotatable bonds is 6. The highest BCUT2D eigenvalue weighted by Crippen LogP contribution is 2.08. The zero-order valence-electron chi connectivity index (χ0n) is 8.98. The Hall–Kier alpha value is -0.650. The maximum Gasteiger partial charge on any atom is 0.223 e. The van der Waals surface area contributed by atoms with Crippen molar-refractivity contribution in [3.8, 4) is 0 Å². The van der Waals surface area contributed by atoms with E-state index in [1.807, 2.05) is 4.90 Å². The van der Waals surface area contributed by atoms with E-state index in [2.05, 4.69) is 5.32 Å². The molecule has 1 fully saturated rings. The molecule has 0 aromatic heterocycles. The summed E-state index contributed by atoms with van der Waals surface area (Å²) in [6.45, 7) is 2.43. The molecule has 15 heavy (non-hydrogen) atoms. The van der Waals surface area contributed by atoms with Crippen LogP contribution in [-0.2, 0) is 4.79 Å². The minimum absolute atomic E-state index is 0.179. The second-order valence-electron chi connectivity index (χ2n) is 3.88. The van der Waals surface area contributed by atoms with Crippen LogP contribution in [0.1, 0.15) is 19.3 Å². The van der Waals surface area contributed by atoms with E-state index in [-0.39, 0.29) is 12.5 Å². The third kappa shape index (κ3) is 4.59. The highest BCUT2D eigenvalue weighted by Gasteiger charge is 2.16. The van der Waals surface area contributed by atoms with Crippen molar-refractivity contribution in [2.24, 2.45) is 0 Å². The molecular formula is C10H20N2O3. The first kappa shape index (κ1) is 12.4. The van der Waals surface area contributed by atoms with Gasteiger partial charge in [-0.05, 0) is 12.8 Å². The molecule has 0 bridgehead atoms. The Morgan fingerprint density at radius 3 is 2.67 bits per heavy atom. The molecule has 1 heterocycles. The van der Waals surface area contributed by atoms with Crippen molar-refractivity contribution in [3.63, 3.8) is 0 Å². The van der Waals surface area contributed by atoms with E-state index < -0.39 is 6.10 Å². The number of carbonyl (C=O) groups is 1. The minimum atomic E-state index is -0.730. The lowest BCUT2D eigenvalue weighted by molar-refractivity contribution is -0.130. The molecule has 1 atom stereocenters. The second kappa shape index (κ2) is 6.76. The highest BCUT2D eigenvalue weighted by atomic mass is 16.3. The van der Waals surface area contributed by atoms with Crippen LogP contribution in [0.2, 0.25) is 0 Å². The standard InChI is InChI=1S/C10H20N2O3/c13-8-9(14)7-11-4-3-10(15)12-5-1-2-6-12/h9,11,13-14H,1-8H2. The summed E-state index contributed by atoms with van der Waals surface area (Å²) >= 11 is 0. The predicted molar refractivity (Wildman–Crippen MR) is 56.4 cm³/mol. The van der Waals surface area contributed by atoms with Crippen molar-refractivity contribution in [1.29, 1.82) is 0 Å². The van der Waals surface area contributed by atoms with Gasteiger partial charge in [-0.2, -0.15) is 0 Å². The Bertz CT molecular complexity index is 193. The molecule has 3 N–H and O–H groups in total.